The average Bonchev–Trinajstić information content (AvgIpc) is 3.44. The van der Waals surface area contributed by atoms with Crippen LogP contribution < -0.4 is 0 Å². The lowest BCUT2D eigenvalue weighted by Crippen LogP contribution is -2.00. The zero-order valence-electron chi connectivity index (χ0n) is 28.0. The molecule has 0 saturated carbocycles. The SMILES string of the molecule is C1=Cc2ccc3c(c2Sc2ccccc21)c1ccccc1n3-c1cccc(-c2cccc(-c3nc(-c4ccccc4)nc(-c4ccccc4)n3)c2)c1. The van der Waals surface area contributed by atoms with Crippen LogP contribution in [0, 0.1) is 0 Å². The Labute approximate surface area is 305 Å². The number of nitrogens with zero attached hydrogens (tertiary/aromatic N) is 4. The van der Waals surface area contributed by atoms with E-state index in [1.165, 1.54) is 42.7 Å². The summed E-state index contributed by atoms with van der Waals surface area (Å²) in [6.07, 6.45) is 4.49. The molecule has 3 heterocycles. The van der Waals surface area contributed by atoms with Crippen LogP contribution in [0.1, 0.15) is 11.1 Å². The van der Waals surface area contributed by atoms with Crippen LogP contribution in [0.2, 0.25) is 0 Å². The summed E-state index contributed by atoms with van der Waals surface area (Å²) in [5.74, 6) is 1.94. The summed E-state index contributed by atoms with van der Waals surface area (Å²) in [7, 11) is 0. The minimum Gasteiger partial charge on any atom is -0.309 e. The number of rotatable bonds is 5. The van der Waals surface area contributed by atoms with E-state index in [0.29, 0.717) is 17.5 Å². The number of aromatic nitrogens is 4. The molecule has 52 heavy (non-hydrogen) atoms. The summed E-state index contributed by atoms with van der Waals surface area (Å²) in [6, 6.07) is 59.5. The minimum absolute atomic E-state index is 0.641. The van der Waals surface area contributed by atoms with Crippen molar-refractivity contribution in [2.45, 2.75) is 9.79 Å². The average molecular weight is 683 g/mol. The Morgan fingerprint density at radius 3 is 1.75 bits per heavy atom. The third kappa shape index (κ3) is 5.31. The molecular weight excluding hydrogens is 653 g/mol. The molecule has 0 atom stereocenters. The maximum Gasteiger partial charge on any atom is 0.164 e. The fourth-order valence-electron chi connectivity index (χ4n) is 7.16. The molecule has 10 rings (SSSR count). The van der Waals surface area contributed by atoms with Gasteiger partial charge >= 0.3 is 0 Å². The first kappa shape index (κ1) is 30.3. The van der Waals surface area contributed by atoms with E-state index in [0.717, 1.165) is 33.5 Å². The highest BCUT2D eigenvalue weighted by Crippen LogP contribution is 2.45. The van der Waals surface area contributed by atoms with Gasteiger partial charge in [-0.15, -0.1) is 0 Å². The molecule has 0 spiro atoms. The van der Waals surface area contributed by atoms with Gasteiger partial charge in [-0.1, -0.05) is 157 Å². The maximum absolute atomic E-state index is 4.98. The summed E-state index contributed by atoms with van der Waals surface area (Å²) < 4.78 is 2.41. The lowest BCUT2D eigenvalue weighted by molar-refractivity contribution is 1.07. The summed E-state index contributed by atoms with van der Waals surface area (Å²) in [6.45, 7) is 0. The summed E-state index contributed by atoms with van der Waals surface area (Å²) >= 11 is 1.86. The Hall–Kier alpha value is -6.56. The second-order valence-electron chi connectivity index (χ2n) is 12.9. The molecule has 5 heteroatoms. The predicted molar refractivity (Wildman–Crippen MR) is 215 cm³/mol. The van der Waals surface area contributed by atoms with Gasteiger partial charge in [-0.25, -0.2) is 15.0 Å². The van der Waals surface area contributed by atoms with E-state index >= 15 is 0 Å². The van der Waals surface area contributed by atoms with Crippen molar-refractivity contribution in [1.29, 1.82) is 0 Å². The van der Waals surface area contributed by atoms with Crippen LogP contribution in [-0.2, 0) is 0 Å². The first-order valence-electron chi connectivity index (χ1n) is 17.4. The van der Waals surface area contributed by atoms with Crippen LogP contribution in [-0.4, -0.2) is 19.5 Å². The molecule has 0 amide bonds. The van der Waals surface area contributed by atoms with Crippen molar-refractivity contribution in [3.8, 4) is 51.0 Å². The fraction of sp³-hybridized carbons (Fsp3) is 0. The van der Waals surface area contributed by atoms with Crippen molar-refractivity contribution < 1.29 is 0 Å². The molecule has 4 nitrogen and oxygen atoms in total. The van der Waals surface area contributed by atoms with Crippen molar-refractivity contribution in [3.05, 3.63) is 181 Å². The zero-order valence-corrected chi connectivity index (χ0v) is 28.8. The topological polar surface area (TPSA) is 43.6 Å². The molecule has 0 aliphatic carbocycles. The van der Waals surface area contributed by atoms with E-state index in [4.69, 9.17) is 15.0 Å². The molecule has 0 radical (unpaired) electrons. The molecule has 1 aliphatic heterocycles. The van der Waals surface area contributed by atoms with Gasteiger partial charge in [0.1, 0.15) is 0 Å². The number of hydrogen-bond acceptors (Lipinski definition) is 4. The van der Waals surface area contributed by atoms with Gasteiger partial charge in [0.15, 0.2) is 17.5 Å². The van der Waals surface area contributed by atoms with Crippen LogP contribution >= 0.6 is 11.8 Å². The Morgan fingerprint density at radius 2 is 0.981 bits per heavy atom. The van der Waals surface area contributed by atoms with Gasteiger partial charge in [0.05, 0.1) is 11.0 Å². The van der Waals surface area contributed by atoms with Crippen molar-refractivity contribution in [1.82, 2.24) is 19.5 Å². The Bertz CT molecular complexity index is 2760. The van der Waals surface area contributed by atoms with Gasteiger partial charge in [0.2, 0.25) is 0 Å². The van der Waals surface area contributed by atoms with Crippen LogP contribution in [0.3, 0.4) is 0 Å². The molecule has 9 aromatic rings. The number of fused-ring (bicyclic) bond motifs is 6. The largest absolute Gasteiger partial charge is 0.309 e. The second kappa shape index (κ2) is 12.6. The van der Waals surface area contributed by atoms with E-state index in [1.54, 1.807) is 0 Å². The molecule has 0 bridgehead atoms. The van der Waals surface area contributed by atoms with Gasteiger partial charge in [-0.05, 0) is 58.7 Å². The molecule has 0 saturated heterocycles. The van der Waals surface area contributed by atoms with E-state index in [9.17, 15) is 0 Å². The minimum atomic E-state index is 0.641. The normalized spacial score (nSPS) is 12.1. The lowest BCUT2D eigenvalue weighted by atomic mass is 10.0. The molecular formula is C47H30N4S. The molecule has 1 aliphatic rings. The van der Waals surface area contributed by atoms with Gasteiger partial charge in [-0.3, -0.25) is 0 Å². The summed E-state index contributed by atoms with van der Waals surface area (Å²) in [5, 5.41) is 2.53. The van der Waals surface area contributed by atoms with Gasteiger partial charge in [0.25, 0.3) is 0 Å². The highest BCUT2D eigenvalue weighted by atomic mass is 32.2. The molecule has 2 aromatic heterocycles. The number of para-hydroxylation sites is 1. The van der Waals surface area contributed by atoms with E-state index in [1.807, 2.05) is 72.4 Å². The van der Waals surface area contributed by atoms with Crippen molar-refractivity contribution in [2.75, 3.05) is 0 Å². The second-order valence-corrected chi connectivity index (χ2v) is 13.9. The molecule has 244 valence electrons. The third-order valence-electron chi connectivity index (χ3n) is 9.65. The van der Waals surface area contributed by atoms with Crippen LogP contribution in [0.4, 0.5) is 0 Å². The van der Waals surface area contributed by atoms with Crippen LogP contribution in [0.25, 0.3) is 84.9 Å². The first-order valence-corrected chi connectivity index (χ1v) is 18.2. The third-order valence-corrected chi connectivity index (χ3v) is 10.9. The molecule has 7 aromatic carbocycles. The van der Waals surface area contributed by atoms with Crippen molar-refractivity contribution >= 4 is 45.7 Å². The predicted octanol–water partition coefficient (Wildman–Crippen LogP) is 12.3. The van der Waals surface area contributed by atoms with Gasteiger partial charge in [-0.2, -0.15) is 0 Å². The quantitative estimate of drug-likeness (QED) is 0.181. The highest BCUT2D eigenvalue weighted by Gasteiger charge is 2.20. The number of hydrogen-bond donors (Lipinski definition) is 0. The van der Waals surface area contributed by atoms with Gasteiger partial charge in [0, 0.05) is 42.9 Å². The van der Waals surface area contributed by atoms with Gasteiger partial charge < -0.3 is 4.57 Å². The Balaban J connectivity index is 1.09. The first-order chi connectivity index (χ1) is 25.8. The smallest absolute Gasteiger partial charge is 0.164 e. The summed E-state index contributed by atoms with van der Waals surface area (Å²) in [5.41, 5.74) is 11.0. The summed E-state index contributed by atoms with van der Waals surface area (Å²) in [4.78, 5) is 17.4. The molecule has 0 unspecified atom stereocenters. The van der Waals surface area contributed by atoms with Crippen LogP contribution in [0.5, 0.6) is 0 Å². The van der Waals surface area contributed by atoms with Crippen LogP contribution in [0.15, 0.2) is 180 Å². The Kier molecular flexibility index (Phi) is 7.36. The van der Waals surface area contributed by atoms with E-state index in [-0.39, 0.29) is 0 Å². The molecule has 0 fully saturated rings. The van der Waals surface area contributed by atoms with Crippen molar-refractivity contribution in [3.63, 3.8) is 0 Å². The maximum atomic E-state index is 4.98. The highest BCUT2D eigenvalue weighted by molar-refractivity contribution is 7.99. The standard InChI is InChI=1S/C47H30N4S/c1-3-14-33(15-4-1)45-48-46(34-16-5-2-6-17-34)50-47(49-45)37-20-11-18-35(29-37)36-19-12-21-38(30-36)51-40-23-9-8-22-39(40)43-41(51)28-27-32-26-25-31-13-7-10-24-42(31)52-44(32)43/h1-30H. The van der Waals surface area contributed by atoms with Crippen molar-refractivity contribution in [2.24, 2.45) is 0 Å². The lowest BCUT2D eigenvalue weighted by Gasteiger charge is -2.12. The monoisotopic (exact) mass is 682 g/mol. The fourth-order valence-corrected chi connectivity index (χ4v) is 8.36. The zero-order chi connectivity index (χ0) is 34.4. The Morgan fingerprint density at radius 1 is 0.404 bits per heavy atom. The van der Waals surface area contributed by atoms with E-state index in [2.05, 4.69) is 126 Å². The molecule has 0 N–H and O–H groups in total. The van der Waals surface area contributed by atoms with E-state index < -0.39 is 0 Å². The number of benzene rings is 7.